The zero-order chi connectivity index (χ0) is 14.9. The quantitative estimate of drug-likeness (QED) is 0.509. The summed E-state index contributed by atoms with van der Waals surface area (Å²) in [5.74, 6) is 2.63. The number of nitrogens with zero attached hydrogens (tertiary/aromatic N) is 2. The fraction of sp³-hybridized carbons (Fsp3) is 0.750. The lowest BCUT2D eigenvalue weighted by Gasteiger charge is -2.13. The van der Waals surface area contributed by atoms with E-state index in [-0.39, 0.29) is 0 Å². The Morgan fingerprint density at radius 1 is 1.05 bits per heavy atom. The Balaban J connectivity index is 1.39. The van der Waals surface area contributed by atoms with Gasteiger partial charge in [-0.1, -0.05) is 6.58 Å². The average molecular weight is 313 g/mol. The van der Waals surface area contributed by atoms with Gasteiger partial charge in [-0.15, -0.1) is 0 Å². The summed E-state index contributed by atoms with van der Waals surface area (Å²) < 4.78 is 0. The Bertz CT molecular complexity index is 293. The smallest absolute Gasteiger partial charge is 0.152 e. The van der Waals surface area contributed by atoms with Gasteiger partial charge in [0.2, 0.25) is 0 Å². The summed E-state index contributed by atoms with van der Waals surface area (Å²) in [5.41, 5.74) is 0. The Kier molecular flexibility index (Phi) is 7.64. The van der Waals surface area contributed by atoms with Crippen LogP contribution in [0, 0.1) is 0 Å². The van der Waals surface area contributed by atoms with Crippen molar-refractivity contribution in [2.75, 3.05) is 64.1 Å². The molecule has 21 heavy (non-hydrogen) atoms. The van der Waals surface area contributed by atoms with Crippen LogP contribution in [0.3, 0.4) is 0 Å². The third-order valence-electron chi connectivity index (χ3n) is 4.48. The molecule has 2 fully saturated rings. The molecule has 4 nitrogen and oxygen atoms in total. The van der Waals surface area contributed by atoms with Crippen LogP contribution in [0.25, 0.3) is 0 Å². The van der Waals surface area contributed by atoms with Crippen molar-refractivity contribution in [1.29, 1.82) is 0 Å². The maximum absolute atomic E-state index is 3.87. The first-order valence-corrected chi connectivity index (χ1v) is 9.44. The van der Waals surface area contributed by atoms with Gasteiger partial charge in [-0.3, -0.25) is 9.80 Å². The van der Waals surface area contributed by atoms with Crippen molar-refractivity contribution in [3.05, 3.63) is 25.6 Å². The van der Waals surface area contributed by atoms with Gasteiger partial charge >= 0.3 is 0 Å². The number of hydrogen-bond acceptors (Lipinski definition) is 3. The molecule has 0 aromatic heterocycles. The van der Waals surface area contributed by atoms with Gasteiger partial charge in [-0.25, -0.2) is 0 Å². The summed E-state index contributed by atoms with van der Waals surface area (Å²) in [6.45, 7) is 17.6. The van der Waals surface area contributed by atoms with E-state index in [1.54, 1.807) is 4.90 Å². The van der Waals surface area contributed by atoms with Gasteiger partial charge in [0.05, 0.1) is 38.9 Å². The van der Waals surface area contributed by atoms with E-state index >= 15 is 0 Å². The van der Waals surface area contributed by atoms with E-state index in [1.165, 1.54) is 68.5 Å². The molecule has 0 spiro atoms. The molecule has 5 heteroatoms. The monoisotopic (exact) mass is 312 g/mol. The first-order chi connectivity index (χ1) is 10.3. The van der Waals surface area contributed by atoms with Crippen LogP contribution in [0.1, 0.15) is 12.8 Å². The van der Waals surface area contributed by atoms with Crippen molar-refractivity contribution >= 4 is 11.8 Å². The van der Waals surface area contributed by atoms with E-state index in [4.69, 9.17) is 0 Å². The molecule has 0 bridgehead atoms. The van der Waals surface area contributed by atoms with Crippen LogP contribution >= 0.6 is 11.8 Å². The summed E-state index contributed by atoms with van der Waals surface area (Å²) in [7, 11) is 0. The Morgan fingerprint density at radius 3 is 2.62 bits per heavy atom. The fourth-order valence-corrected chi connectivity index (χ4v) is 4.01. The van der Waals surface area contributed by atoms with Crippen molar-refractivity contribution in [2.24, 2.45) is 0 Å². The second-order valence-electron chi connectivity index (χ2n) is 6.11. The zero-order valence-corrected chi connectivity index (χ0v) is 14.2. The lowest BCUT2D eigenvalue weighted by atomic mass is 10.4. The first-order valence-electron chi connectivity index (χ1n) is 8.29. The van der Waals surface area contributed by atoms with Crippen LogP contribution < -0.4 is 9.80 Å². The fourth-order valence-electron chi connectivity index (χ4n) is 3.13. The molecule has 120 valence electrons. The SMILES string of the molecule is C=CN1CC[NH+](CCCSCCCN2CC[NH+](C=C)C2)C1. The molecule has 0 aromatic rings. The average Bonchev–Trinajstić information content (AvgIpc) is 3.15. The molecule has 0 aliphatic carbocycles. The Morgan fingerprint density at radius 2 is 1.90 bits per heavy atom. The summed E-state index contributed by atoms with van der Waals surface area (Å²) in [6, 6.07) is 0. The van der Waals surface area contributed by atoms with E-state index in [9.17, 15) is 0 Å². The second-order valence-corrected chi connectivity index (χ2v) is 7.34. The molecular formula is C16H32N4S+2. The summed E-state index contributed by atoms with van der Waals surface area (Å²) in [5, 5.41) is 0. The van der Waals surface area contributed by atoms with Crippen LogP contribution in [0.5, 0.6) is 0 Å². The summed E-state index contributed by atoms with van der Waals surface area (Å²) in [6.07, 6.45) is 6.71. The third kappa shape index (κ3) is 6.02. The van der Waals surface area contributed by atoms with Gasteiger partial charge in [-0.05, 0) is 30.7 Å². The Hall–Kier alpha value is -0.490. The molecule has 0 amide bonds. The van der Waals surface area contributed by atoms with Gasteiger partial charge in [0.25, 0.3) is 0 Å². The lowest BCUT2D eigenvalue weighted by molar-refractivity contribution is -0.891. The van der Waals surface area contributed by atoms with E-state index in [0.717, 1.165) is 13.3 Å². The minimum absolute atomic E-state index is 1.16. The van der Waals surface area contributed by atoms with Crippen molar-refractivity contribution in [2.45, 2.75) is 12.8 Å². The van der Waals surface area contributed by atoms with E-state index < -0.39 is 0 Å². The minimum Gasteiger partial charge on any atom is -0.327 e. The highest BCUT2D eigenvalue weighted by atomic mass is 32.2. The minimum atomic E-state index is 1.16. The lowest BCUT2D eigenvalue weighted by Crippen LogP contribution is -3.10. The molecule has 2 unspecified atom stereocenters. The molecule has 2 heterocycles. The van der Waals surface area contributed by atoms with E-state index in [0.29, 0.717) is 0 Å². The van der Waals surface area contributed by atoms with Crippen molar-refractivity contribution in [3.8, 4) is 0 Å². The van der Waals surface area contributed by atoms with Crippen LogP contribution in [-0.4, -0.2) is 73.9 Å². The standard InChI is InChI=1S/C16H30N4S/c1-3-17-9-11-19(15-17)7-5-13-21-14-6-8-20-12-10-18(4-2)16-20/h3-4H,1-2,5-16H2/p+2. The van der Waals surface area contributed by atoms with E-state index in [2.05, 4.69) is 34.7 Å². The van der Waals surface area contributed by atoms with Gasteiger partial charge in [-0.2, -0.15) is 11.8 Å². The highest BCUT2D eigenvalue weighted by Crippen LogP contribution is 2.05. The van der Waals surface area contributed by atoms with Crippen LogP contribution in [0.4, 0.5) is 0 Å². The van der Waals surface area contributed by atoms with Crippen molar-refractivity contribution in [3.63, 3.8) is 0 Å². The summed E-state index contributed by atoms with van der Waals surface area (Å²) in [4.78, 5) is 8.13. The topological polar surface area (TPSA) is 15.4 Å². The Labute approximate surface area is 134 Å². The van der Waals surface area contributed by atoms with Crippen LogP contribution in [0.15, 0.2) is 25.6 Å². The third-order valence-corrected chi connectivity index (χ3v) is 5.64. The van der Waals surface area contributed by atoms with Gasteiger partial charge < -0.3 is 9.80 Å². The van der Waals surface area contributed by atoms with Crippen molar-refractivity contribution in [1.82, 2.24) is 9.80 Å². The zero-order valence-electron chi connectivity index (χ0n) is 13.4. The first kappa shape index (κ1) is 16.9. The molecule has 2 aliphatic rings. The van der Waals surface area contributed by atoms with Gasteiger partial charge in [0.15, 0.2) is 6.67 Å². The molecule has 2 saturated heterocycles. The maximum Gasteiger partial charge on any atom is 0.152 e. The number of nitrogens with one attached hydrogen (secondary N) is 2. The molecule has 2 N–H and O–H groups in total. The molecule has 2 atom stereocenters. The number of thioether (sulfide) groups is 1. The van der Waals surface area contributed by atoms with Gasteiger partial charge in [0, 0.05) is 13.0 Å². The van der Waals surface area contributed by atoms with Crippen molar-refractivity contribution < 1.29 is 9.80 Å². The molecule has 2 aliphatic heterocycles. The maximum atomic E-state index is 3.87. The number of hydrogen-bond donors (Lipinski definition) is 2. The number of rotatable bonds is 10. The molecular weight excluding hydrogens is 280 g/mol. The van der Waals surface area contributed by atoms with Gasteiger partial charge in [0.1, 0.15) is 6.67 Å². The predicted molar refractivity (Wildman–Crippen MR) is 91.5 cm³/mol. The normalized spacial score (nSPS) is 26.4. The highest BCUT2D eigenvalue weighted by molar-refractivity contribution is 7.99. The van der Waals surface area contributed by atoms with Crippen LogP contribution in [-0.2, 0) is 0 Å². The largest absolute Gasteiger partial charge is 0.327 e. The van der Waals surface area contributed by atoms with E-state index in [1.807, 2.05) is 12.4 Å². The number of quaternary nitrogens is 2. The van der Waals surface area contributed by atoms with Crippen LogP contribution in [0.2, 0.25) is 0 Å². The molecule has 2 rings (SSSR count). The predicted octanol–water partition coefficient (Wildman–Crippen LogP) is -0.897. The second kappa shape index (κ2) is 9.51. The molecule has 0 radical (unpaired) electrons. The molecule has 0 saturated carbocycles. The highest BCUT2D eigenvalue weighted by Gasteiger charge is 2.20. The molecule has 0 aromatic carbocycles. The summed E-state index contributed by atoms with van der Waals surface area (Å²) >= 11 is 2.13.